The molecule has 11 nitrogen and oxygen atoms in total. The molecule has 7 rings (SSSR count). The first-order valence-corrected chi connectivity index (χ1v) is 22.6. The van der Waals surface area contributed by atoms with Crippen LogP contribution in [0.5, 0.6) is 0 Å². The molecule has 0 aromatic heterocycles. The van der Waals surface area contributed by atoms with Gasteiger partial charge in [0.15, 0.2) is 11.5 Å². The summed E-state index contributed by atoms with van der Waals surface area (Å²) in [6.07, 6.45) is -1.10. The molecule has 0 saturated heterocycles. The van der Waals surface area contributed by atoms with E-state index in [4.69, 9.17) is 13.8 Å². The maximum atomic E-state index is 18.3. The van der Waals surface area contributed by atoms with E-state index in [-0.39, 0.29) is 43.4 Å². The molecule has 0 bridgehead atoms. The van der Waals surface area contributed by atoms with Gasteiger partial charge in [-0.3, -0.25) is 13.8 Å². The molecule has 56 heavy (non-hydrogen) atoms. The van der Waals surface area contributed by atoms with Crippen LogP contribution in [0.1, 0.15) is 57.1 Å². The van der Waals surface area contributed by atoms with E-state index in [9.17, 15) is 32.9 Å². The third kappa shape index (κ3) is 7.25. The van der Waals surface area contributed by atoms with Crippen LogP contribution >= 0.6 is 27.0 Å². The Morgan fingerprint density at radius 3 is 2.36 bits per heavy atom. The SMILES string of the molecule is C[C@@H]1C[C@H]2[C@@H]3C[C@H](F)C4=CC(=O)C=C[C@]4(C)[C@@]3(F)[C@@H](OP(=O)(O)OP(=O)(O)OCCNC(=O)OCC3c4ccccc4-c4ccccc43)C[C@@]2(C)[C]1C=[SH]CF. The molecule has 10 atom stereocenters. The Balaban J connectivity index is 1.02. The quantitative estimate of drug-likeness (QED) is 0.0713. The molecule has 0 heterocycles. The number of ether oxygens (including phenoxy) is 1. The van der Waals surface area contributed by atoms with Crippen molar-refractivity contribution in [2.75, 3.05) is 25.8 Å². The summed E-state index contributed by atoms with van der Waals surface area (Å²) < 4.78 is 94.7. The minimum atomic E-state index is -5.64. The molecular formula is C39H45F3NO10P2S. The number of hydrogen-bond acceptors (Lipinski definition) is 8. The lowest BCUT2D eigenvalue weighted by Crippen LogP contribution is -2.68. The zero-order valence-corrected chi connectivity index (χ0v) is 33.7. The van der Waals surface area contributed by atoms with Crippen molar-refractivity contribution < 1.29 is 59.8 Å². The fourth-order valence-corrected chi connectivity index (χ4v) is 13.2. The molecule has 3 N–H and O–H groups in total. The van der Waals surface area contributed by atoms with Gasteiger partial charge in [-0.1, -0.05) is 73.8 Å². The number of hydrogen-bond donors (Lipinski definition) is 4. The van der Waals surface area contributed by atoms with Gasteiger partial charge in [0.2, 0.25) is 0 Å². The zero-order chi connectivity index (χ0) is 40.3. The minimum absolute atomic E-state index is 0.0192. The molecule has 0 aliphatic heterocycles. The van der Waals surface area contributed by atoms with E-state index in [0.717, 1.165) is 40.3 Å². The number of halogens is 3. The Bertz CT molecular complexity index is 2040. The second kappa shape index (κ2) is 15.4. The largest absolute Gasteiger partial charge is 0.481 e. The van der Waals surface area contributed by atoms with Crippen molar-refractivity contribution in [2.45, 2.75) is 63.9 Å². The predicted octanol–water partition coefficient (Wildman–Crippen LogP) is 8.12. The van der Waals surface area contributed by atoms with E-state index in [0.29, 0.717) is 17.8 Å². The number of alkyl carbamates (subject to hydrolysis) is 1. The van der Waals surface area contributed by atoms with Crippen molar-refractivity contribution in [2.24, 2.45) is 28.6 Å². The number of thiol groups is 1. The Morgan fingerprint density at radius 1 is 1.04 bits per heavy atom. The lowest BCUT2D eigenvalue weighted by molar-refractivity contribution is -0.187. The number of fused-ring (bicyclic) bond motifs is 8. The maximum absolute atomic E-state index is 18.3. The lowest BCUT2D eigenvalue weighted by Gasteiger charge is -2.63. The number of alkyl halides is 3. The van der Waals surface area contributed by atoms with E-state index in [1.165, 1.54) is 13.0 Å². The summed E-state index contributed by atoms with van der Waals surface area (Å²) in [6.45, 7) is 4.13. The van der Waals surface area contributed by atoms with Gasteiger partial charge in [-0.15, -0.1) is 0 Å². The Morgan fingerprint density at radius 2 is 1.70 bits per heavy atom. The van der Waals surface area contributed by atoms with Crippen LogP contribution in [0, 0.1) is 34.5 Å². The highest BCUT2D eigenvalue weighted by Gasteiger charge is 2.74. The highest BCUT2D eigenvalue weighted by molar-refractivity contribution is 7.97. The highest BCUT2D eigenvalue weighted by Crippen LogP contribution is 2.73. The van der Waals surface area contributed by atoms with Crippen LogP contribution in [-0.2, 0) is 32.0 Å². The minimum Gasteiger partial charge on any atom is -0.449 e. The van der Waals surface area contributed by atoms with Crippen LogP contribution in [0.25, 0.3) is 11.1 Å². The summed E-state index contributed by atoms with van der Waals surface area (Å²) in [6, 6.07) is 14.9. The molecule has 0 spiro atoms. The molecule has 3 saturated carbocycles. The van der Waals surface area contributed by atoms with Crippen molar-refractivity contribution in [3.63, 3.8) is 0 Å². The molecule has 2 aromatic carbocycles. The number of nitrogens with one attached hydrogen (secondary N) is 1. The standard InChI is InChI=1S/C39H45F3NO10P2S/c1-23-16-30-31-18-34(41)32-17-24(44)12-13-38(32,3)39(31,42)35(19-37(30,2)33(23)21-56-22-40)52-55(48,49)53-54(46,47)51-15-14-43-36(45)50-20-29-27-10-6-4-8-25(27)26-9-5-7-11-28(26)29/h4-13,17,21,23,29-31,34-35,56H,14-16,18-20,22H2,1-3H3,(H,43,45)(H,46,47)(H,48,49)/t23-,30+,31+,34+,35+,37-,38+,39+/m1/s1. The summed E-state index contributed by atoms with van der Waals surface area (Å²) in [5.41, 5.74) is -1.34. The first-order valence-electron chi connectivity index (χ1n) is 18.4. The molecule has 5 aliphatic carbocycles. The summed E-state index contributed by atoms with van der Waals surface area (Å²) in [7, 11) is -11.0. The van der Waals surface area contributed by atoms with Crippen molar-refractivity contribution in [3.05, 3.63) is 89.4 Å². The van der Waals surface area contributed by atoms with Crippen molar-refractivity contribution in [1.29, 1.82) is 0 Å². The van der Waals surface area contributed by atoms with Gasteiger partial charge in [0.05, 0.1) is 6.61 Å². The molecule has 17 heteroatoms. The first kappa shape index (κ1) is 41.3. The number of phosphoric acid groups is 2. The van der Waals surface area contributed by atoms with Crippen LogP contribution in [0.2, 0.25) is 0 Å². The molecule has 303 valence electrons. The fourth-order valence-electron chi connectivity index (χ4n) is 10.2. The zero-order valence-electron chi connectivity index (χ0n) is 31.0. The summed E-state index contributed by atoms with van der Waals surface area (Å²) in [5, 5.41) is 4.10. The number of benzene rings is 2. The van der Waals surface area contributed by atoms with Gasteiger partial charge in [0, 0.05) is 29.7 Å². The van der Waals surface area contributed by atoms with Gasteiger partial charge in [0.25, 0.3) is 0 Å². The van der Waals surface area contributed by atoms with Crippen LogP contribution in [0.4, 0.5) is 18.0 Å². The summed E-state index contributed by atoms with van der Waals surface area (Å²) >= 11 is 0.358. The van der Waals surface area contributed by atoms with Gasteiger partial charge >= 0.3 is 21.7 Å². The van der Waals surface area contributed by atoms with E-state index in [1.54, 1.807) is 5.37 Å². The molecule has 2 unspecified atom stereocenters. The molecule has 3 fully saturated rings. The molecule has 5 aliphatic rings. The Hall–Kier alpha value is -2.87. The van der Waals surface area contributed by atoms with E-state index in [2.05, 4.69) is 9.63 Å². The first-order chi connectivity index (χ1) is 26.4. The number of ketones is 1. The monoisotopic (exact) mass is 838 g/mol. The third-order valence-corrected chi connectivity index (χ3v) is 15.8. The van der Waals surface area contributed by atoms with Crippen LogP contribution in [0.3, 0.4) is 0 Å². The highest BCUT2D eigenvalue weighted by atomic mass is 32.1. The van der Waals surface area contributed by atoms with Crippen molar-refractivity contribution in [1.82, 2.24) is 5.32 Å². The predicted molar refractivity (Wildman–Crippen MR) is 206 cm³/mol. The fraction of sp³-hybridized carbons (Fsp3) is 0.487. The maximum Gasteiger partial charge on any atom is 0.481 e. The average molecular weight is 839 g/mol. The van der Waals surface area contributed by atoms with E-state index >= 15 is 8.78 Å². The van der Waals surface area contributed by atoms with Crippen LogP contribution in [-0.4, -0.2) is 70.7 Å². The average Bonchev–Trinajstić information content (AvgIpc) is 3.59. The molecular weight excluding hydrogens is 793 g/mol. The molecule has 1 amide bonds. The lowest BCUT2D eigenvalue weighted by atomic mass is 9.45. The van der Waals surface area contributed by atoms with E-state index in [1.807, 2.05) is 62.4 Å². The number of amides is 1. The second-order valence-electron chi connectivity index (χ2n) is 15.6. The third-order valence-electron chi connectivity index (χ3n) is 12.5. The van der Waals surface area contributed by atoms with Crippen molar-refractivity contribution in [3.8, 4) is 11.1 Å². The van der Waals surface area contributed by atoms with Crippen molar-refractivity contribution >= 4 is 44.2 Å². The van der Waals surface area contributed by atoms with Gasteiger partial charge in [0.1, 0.15) is 24.9 Å². The Kier molecular flexibility index (Phi) is 11.3. The smallest absolute Gasteiger partial charge is 0.449 e. The van der Waals surface area contributed by atoms with Gasteiger partial charge in [-0.25, -0.2) is 27.1 Å². The summed E-state index contributed by atoms with van der Waals surface area (Å²) in [5.74, 6) is -1.69. The van der Waals surface area contributed by atoms with Gasteiger partial charge in [-0.2, -0.15) is 15.7 Å². The normalized spacial score (nSPS) is 34.5. The number of carbonyl (C=O) groups is 2. The van der Waals surface area contributed by atoms with Crippen LogP contribution in [0.15, 0.2) is 72.3 Å². The number of carbonyl (C=O) groups excluding carboxylic acids is 2. The molecule has 2 aromatic rings. The second-order valence-corrected chi connectivity index (χ2v) is 19.4. The topological polar surface area (TPSA) is 158 Å². The number of rotatable bonds is 12. The summed E-state index contributed by atoms with van der Waals surface area (Å²) in [4.78, 5) is 46.3. The van der Waals surface area contributed by atoms with Gasteiger partial charge in [-0.05, 0) is 83.4 Å². The van der Waals surface area contributed by atoms with E-state index < -0.39 is 80.7 Å². The van der Waals surface area contributed by atoms with Crippen LogP contribution < -0.4 is 5.32 Å². The number of phosphoric ester groups is 2. The molecule has 1 radical (unpaired) electrons. The Labute approximate surface area is 327 Å². The number of allylic oxidation sites excluding steroid dienone is 4. The van der Waals surface area contributed by atoms with Gasteiger partial charge < -0.3 is 19.8 Å².